The molecular weight excluding hydrogens is 412 g/mol. The van der Waals surface area contributed by atoms with Crippen LogP contribution in [0.4, 0.5) is 10.6 Å². The number of nitrogens with two attached hydrogens (primary N) is 1. The van der Waals surface area contributed by atoms with Crippen LogP contribution in [0.1, 0.15) is 46.1 Å². The minimum atomic E-state index is -0.481. The lowest BCUT2D eigenvalue weighted by molar-refractivity contribution is 0.0198. The molecular formula is C21H30N8O3. The summed E-state index contributed by atoms with van der Waals surface area (Å²) in [6.07, 6.45) is 5.07. The monoisotopic (exact) mass is 442 g/mol. The Labute approximate surface area is 186 Å². The maximum absolute atomic E-state index is 12.3. The van der Waals surface area contributed by atoms with Gasteiger partial charge in [0.05, 0.1) is 11.7 Å². The normalized spacial score (nSPS) is 15.4. The van der Waals surface area contributed by atoms with Gasteiger partial charge in [-0.15, -0.1) is 0 Å². The van der Waals surface area contributed by atoms with E-state index in [-0.39, 0.29) is 11.9 Å². The van der Waals surface area contributed by atoms with Crippen LogP contribution in [-0.4, -0.2) is 60.6 Å². The first-order valence-electron chi connectivity index (χ1n) is 10.9. The number of amides is 1. The number of carbonyl (C=O) groups is 1. The molecule has 172 valence electrons. The van der Waals surface area contributed by atoms with Crippen molar-refractivity contribution in [2.75, 3.05) is 18.8 Å². The lowest BCUT2D eigenvalue weighted by Gasteiger charge is -2.33. The van der Waals surface area contributed by atoms with Gasteiger partial charge in [-0.2, -0.15) is 0 Å². The van der Waals surface area contributed by atoms with Crippen LogP contribution in [-0.2, 0) is 17.8 Å². The van der Waals surface area contributed by atoms with E-state index in [0.29, 0.717) is 43.7 Å². The van der Waals surface area contributed by atoms with Crippen molar-refractivity contribution < 1.29 is 14.2 Å². The van der Waals surface area contributed by atoms with Crippen molar-refractivity contribution in [2.45, 2.75) is 65.3 Å². The number of likely N-dealkylation sites (tertiary alicyclic amines) is 1. The number of aryl methyl sites for hydroxylation is 1. The average molecular weight is 443 g/mol. The van der Waals surface area contributed by atoms with Gasteiger partial charge in [0, 0.05) is 44.0 Å². The van der Waals surface area contributed by atoms with Gasteiger partial charge in [0.2, 0.25) is 0 Å². The predicted octanol–water partition coefficient (Wildman–Crippen LogP) is 2.57. The van der Waals surface area contributed by atoms with E-state index < -0.39 is 5.60 Å². The number of pyridine rings is 1. The molecule has 1 aliphatic heterocycles. The molecule has 4 heterocycles. The van der Waals surface area contributed by atoms with Crippen LogP contribution in [0.2, 0.25) is 0 Å². The smallest absolute Gasteiger partial charge is 0.410 e. The van der Waals surface area contributed by atoms with E-state index >= 15 is 0 Å². The van der Waals surface area contributed by atoms with Crippen LogP contribution >= 0.6 is 0 Å². The Morgan fingerprint density at radius 3 is 2.66 bits per heavy atom. The zero-order chi connectivity index (χ0) is 22.9. The van der Waals surface area contributed by atoms with Gasteiger partial charge in [0.1, 0.15) is 11.1 Å². The van der Waals surface area contributed by atoms with E-state index in [1.807, 2.05) is 33.9 Å². The number of rotatable bonds is 5. The minimum Gasteiger partial charge on any atom is -0.444 e. The molecule has 0 atom stereocenters. The molecule has 32 heavy (non-hydrogen) atoms. The van der Waals surface area contributed by atoms with Gasteiger partial charge in [-0.05, 0) is 50.8 Å². The molecule has 11 nitrogen and oxygen atoms in total. The van der Waals surface area contributed by atoms with Gasteiger partial charge < -0.3 is 25.3 Å². The largest absolute Gasteiger partial charge is 0.444 e. The van der Waals surface area contributed by atoms with Crippen LogP contribution < -0.4 is 11.1 Å². The van der Waals surface area contributed by atoms with Crippen LogP contribution in [0.3, 0.4) is 0 Å². The molecule has 1 aliphatic rings. The molecule has 3 N–H and O–H groups in total. The van der Waals surface area contributed by atoms with E-state index in [9.17, 15) is 4.79 Å². The molecule has 3 aromatic rings. The zero-order valence-corrected chi connectivity index (χ0v) is 19.0. The van der Waals surface area contributed by atoms with Gasteiger partial charge in [0.15, 0.2) is 17.3 Å². The Hall–Kier alpha value is -3.21. The van der Waals surface area contributed by atoms with Gasteiger partial charge in [-0.25, -0.2) is 14.4 Å². The molecule has 0 aromatic carbocycles. The van der Waals surface area contributed by atoms with Crippen molar-refractivity contribution in [3.8, 4) is 11.5 Å². The fourth-order valence-electron chi connectivity index (χ4n) is 3.97. The number of nitrogens with one attached hydrogen (secondary N) is 1. The topological polar surface area (TPSA) is 137 Å². The third-order valence-electron chi connectivity index (χ3n) is 5.50. The number of nitrogen functional groups attached to an aromatic ring is 1. The summed E-state index contributed by atoms with van der Waals surface area (Å²) in [7, 11) is 0. The lowest BCUT2D eigenvalue weighted by Crippen LogP contribution is -2.46. The van der Waals surface area contributed by atoms with Crippen molar-refractivity contribution in [1.29, 1.82) is 0 Å². The summed E-state index contributed by atoms with van der Waals surface area (Å²) in [4.78, 5) is 23.1. The van der Waals surface area contributed by atoms with Crippen LogP contribution in [0.15, 0.2) is 17.0 Å². The zero-order valence-electron chi connectivity index (χ0n) is 19.0. The molecule has 0 spiro atoms. The second-order valence-corrected chi connectivity index (χ2v) is 8.97. The third-order valence-corrected chi connectivity index (χ3v) is 5.50. The van der Waals surface area contributed by atoms with Crippen LogP contribution in [0.5, 0.6) is 0 Å². The molecule has 1 fully saturated rings. The summed E-state index contributed by atoms with van der Waals surface area (Å²) in [5.74, 6) is 0.820. The number of ether oxygens (including phenoxy) is 1. The quantitative estimate of drug-likeness (QED) is 0.610. The van der Waals surface area contributed by atoms with Gasteiger partial charge >= 0.3 is 6.09 Å². The molecule has 11 heteroatoms. The van der Waals surface area contributed by atoms with Crippen molar-refractivity contribution in [2.24, 2.45) is 0 Å². The fraction of sp³-hybridized carbons (Fsp3) is 0.571. The fourth-order valence-corrected chi connectivity index (χ4v) is 3.97. The van der Waals surface area contributed by atoms with Crippen molar-refractivity contribution >= 4 is 22.9 Å². The van der Waals surface area contributed by atoms with Crippen molar-refractivity contribution in [1.82, 2.24) is 35.1 Å². The number of aromatic nitrogens is 5. The van der Waals surface area contributed by atoms with Crippen LogP contribution in [0.25, 0.3) is 22.6 Å². The number of fused-ring (bicyclic) bond motifs is 1. The summed E-state index contributed by atoms with van der Waals surface area (Å²) in [6.45, 7) is 10.4. The molecule has 0 unspecified atom stereocenters. The van der Waals surface area contributed by atoms with Crippen molar-refractivity contribution in [3.05, 3.63) is 18.0 Å². The highest BCUT2D eigenvalue weighted by Gasteiger charge is 2.27. The Morgan fingerprint density at radius 1 is 1.28 bits per heavy atom. The lowest BCUT2D eigenvalue weighted by atomic mass is 10.0. The second-order valence-electron chi connectivity index (χ2n) is 8.97. The third kappa shape index (κ3) is 4.52. The van der Waals surface area contributed by atoms with Crippen molar-refractivity contribution in [3.63, 3.8) is 0 Å². The molecule has 0 radical (unpaired) electrons. The summed E-state index contributed by atoms with van der Waals surface area (Å²) in [5.41, 5.74) is 8.63. The molecule has 1 saturated heterocycles. The van der Waals surface area contributed by atoms with E-state index in [4.69, 9.17) is 15.1 Å². The molecule has 4 rings (SSSR count). The molecule has 1 amide bonds. The Morgan fingerprint density at radius 2 is 2.03 bits per heavy atom. The van der Waals surface area contributed by atoms with E-state index in [0.717, 1.165) is 29.4 Å². The van der Waals surface area contributed by atoms with Crippen LogP contribution in [0, 0.1) is 0 Å². The highest BCUT2D eigenvalue weighted by molar-refractivity contribution is 5.83. The Balaban J connectivity index is 1.45. The number of nitrogens with zero attached hydrogens (tertiary/aromatic N) is 6. The number of piperidine rings is 1. The van der Waals surface area contributed by atoms with E-state index in [1.54, 1.807) is 11.1 Å². The highest BCUT2D eigenvalue weighted by Crippen LogP contribution is 2.28. The molecule has 0 saturated carbocycles. The average Bonchev–Trinajstić information content (AvgIpc) is 3.34. The minimum absolute atomic E-state index is 0.208. The molecule has 0 aliphatic carbocycles. The second kappa shape index (κ2) is 8.73. The number of carbonyl (C=O) groups excluding carboxylic acids is 1. The number of anilines is 1. The maximum atomic E-state index is 12.3. The number of hydrogen-bond donors (Lipinski definition) is 2. The molecule has 0 bridgehead atoms. The van der Waals surface area contributed by atoms with E-state index in [1.165, 1.54) is 0 Å². The first kappa shape index (κ1) is 22.0. The summed E-state index contributed by atoms with van der Waals surface area (Å²) >= 11 is 0. The standard InChI is InChI=1S/C21H30N8O3/c1-5-29-17-13(10-23-12-15(17)25-19(29)16-18(22)27-32-26-16)11-24-14-6-8-28(9-7-14)20(30)31-21(2,3)4/h10,12,14,24H,5-9,11H2,1-4H3,(H2,22,27). The Kier molecular flexibility index (Phi) is 6.00. The van der Waals surface area contributed by atoms with E-state index in [2.05, 4.69) is 30.2 Å². The summed E-state index contributed by atoms with van der Waals surface area (Å²) < 4.78 is 12.3. The Bertz CT molecular complexity index is 1090. The predicted molar refractivity (Wildman–Crippen MR) is 119 cm³/mol. The SMILES string of the molecule is CCn1c(-c2nonc2N)nc2cncc(CNC3CCN(C(=O)OC(C)(C)C)CC3)c21. The number of imidazole rings is 1. The highest BCUT2D eigenvalue weighted by atomic mass is 16.6. The summed E-state index contributed by atoms with van der Waals surface area (Å²) in [6, 6.07) is 0.303. The molecule has 3 aromatic heterocycles. The summed E-state index contributed by atoms with van der Waals surface area (Å²) in [5, 5.41) is 11.2. The van der Waals surface area contributed by atoms with Gasteiger partial charge in [-0.3, -0.25) is 4.98 Å². The first-order chi connectivity index (χ1) is 15.3. The number of hydrogen-bond acceptors (Lipinski definition) is 9. The maximum Gasteiger partial charge on any atom is 0.410 e. The van der Waals surface area contributed by atoms with Gasteiger partial charge in [0.25, 0.3) is 0 Å². The first-order valence-corrected chi connectivity index (χ1v) is 10.9. The van der Waals surface area contributed by atoms with Gasteiger partial charge in [-0.1, -0.05) is 0 Å².